The minimum atomic E-state index is 0.525. The molecule has 60 valence electrons. The zero-order chi connectivity index (χ0) is 7.42. The summed E-state index contributed by atoms with van der Waals surface area (Å²) in [5.74, 6) is 1.80. The largest absolute Gasteiger partial charge is 0.327 e. The Hall–Kier alpha value is -0.300. The van der Waals surface area contributed by atoms with Crippen molar-refractivity contribution in [2.45, 2.75) is 38.1 Å². The fourth-order valence-electron chi connectivity index (χ4n) is 3.44. The van der Waals surface area contributed by atoms with Gasteiger partial charge in [-0.25, -0.2) is 0 Å². The van der Waals surface area contributed by atoms with Gasteiger partial charge in [0, 0.05) is 6.04 Å². The number of allylic oxidation sites excluding steroid dienone is 1. The van der Waals surface area contributed by atoms with E-state index in [9.17, 15) is 0 Å². The second-order valence-corrected chi connectivity index (χ2v) is 4.36. The van der Waals surface area contributed by atoms with Gasteiger partial charge in [0.05, 0.1) is 0 Å². The van der Waals surface area contributed by atoms with Crippen molar-refractivity contribution >= 4 is 0 Å². The molecule has 11 heavy (non-hydrogen) atoms. The van der Waals surface area contributed by atoms with Crippen LogP contribution in [0.5, 0.6) is 0 Å². The van der Waals surface area contributed by atoms with Crippen LogP contribution >= 0.6 is 0 Å². The van der Waals surface area contributed by atoms with E-state index in [1.807, 2.05) is 5.57 Å². The zero-order valence-corrected chi connectivity index (χ0v) is 6.84. The van der Waals surface area contributed by atoms with E-state index in [1.165, 1.54) is 32.1 Å². The molecule has 0 aromatic carbocycles. The first-order valence-electron chi connectivity index (χ1n) is 4.82. The third-order valence-electron chi connectivity index (χ3n) is 3.89. The summed E-state index contributed by atoms with van der Waals surface area (Å²) in [6, 6.07) is 0.525. The molecule has 0 aromatic rings. The Morgan fingerprint density at radius 3 is 3.09 bits per heavy atom. The molecule has 0 spiro atoms. The molecule has 1 nitrogen and oxygen atoms in total. The average molecular weight is 149 g/mol. The highest BCUT2D eigenvalue weighted by molar-refractivity contribution is 5.33. The van der Waals surface area contributed by atoms with E-state index in [4.69, 9.17) is 5.73 Å². The highest BCUT2D eigenvalue weighted by atomic mass is 14.7. The Balaban J connectivity index is 2.04. The molecular weight excluding hydrogens is 134 g/mol. The number of fused-ring (bicyclic) bond motifs is 4. The van der Waals surface area contributed by atoms with Crippen molar-refractivity contribution in [2.24, 2.45) is 17.6 Å². The summed E-state index contributed by atoms with van der Waals surface area (Å²) >= 11 is 0. The molecule has 2 N–H and O–H groups in total. The van der Waals surface area contributed by atoms with E-state index in [-0.39, 0.29) is 0 Å². The summed E-state index contributed by atoms with van der Waals surface area (Å²) in [5, 5.41) is 0. The summed E-state index contributed by atoms with van der Waals surface area (Å²) in [4.78, 5) is 0. The molecule has 1 heteroatoms. The fraction of sp³-hybridized carbons (Fsp3) is 0.800. The lowest BCUT2D eigenvalue weighted by atomic mass is 9.85. The van der Waals surface area contributed by atoms with E-state index in [0.717, 1.165) is 11.8 Å². The summed E-state index contributed by atoms with van der Waals surface area (Å²) in [7, 11) is 0. The quantitative estimate of drug-likeness (QED) is 0.522. The van der Waals surface area contributed by atoms with E-state index in [1.54, 1.807) is 5.57 Å². The number of hydrogen-bond donors (Lipinski definition) is 1. The Morgan fingerprint density at radius 1 is 1.27 bits per heavy atom. The fourth-order valence-corrected chi connectivity index (χ4v) is 3.44. The van der Waals surface area contributed by atoms with Crippen LogP contribution in [0.4, 0.5) is 0 Å². The topological polar surface area (TPSA) is 26.0 Å². The average Bonchev–Trinajstić information content (AvgIpc) is 2.52. The van der Waals surface area contributed by atoms with Crippen LogP contribution in [0, 0.1) is 11.8 Å². The highest BCUT2D eigenvalue weighted by Gasteiger charge is 2.45. The van der Waals surface area contributed by atoms with E-state index < -0.39 is 0 Å². The SMILES string of the molecule is NC1CC2=C3CCCC3C1C2. The van der Waals surface area contributed by atoms with Gasteiger partial charge in [-0.15, -0.1) is 0 Å². The van der Waals surface area contributed by atoms with Gasteiger partial charge < -0.3 is 5.73 Å². The molecule has 0 saturated heterocycles. The van der Waals surface area contributed by atoms with Crippen molar-refractivity contribution in [3.8, 4) is 0 Å². The highest BCUT2D eigenvalue weighted by Crippen LogP contribution is 2.54. The summed E-state index contributed by atoms with van der Waals surface area (Å²) in [6.45, 7) is 0. The first-order valence-corrected chi connectivity index (χ1v) is 4.82. The van der Waals surface area contributed by atoms with Crippen LogP contribution in [-0.2, 0) is 0 Å². The van der Waals surface area contributed by atoms with Crippen LogP contribution in [-0.4, -0.2) is 6.04 Å². The molecule has 0 radical (unpaired) electrons. The molecule has 2 bridgehead atoms. The van der Waals surface area contributed by atoms with E-state index >= 15 is 0 Å². The molecule has 0 heterocycles. The predicted octanol–water partition coefficient (Wildman–Crippen LogP) is 1.83. The Kier molecular flexibility index (Phi) is 1.07. The molecule has 3 atom stereocenters. The zero-order valence-electron chi connectivity index (χ0n) is 6.84. The predicted molar refractivity (Wildman–Crippen MR) is 45.1 cm³/mol. The van der Waals surface area contributed by atoms with Crippen molar-refractivity contribution in [1.82, 2.24) is 0 Å². The standard InChI is InChI=1S/C10H15N/c11-10-5-6-4-9(10)8-3-1-2-7(6)8/h8-10H,1-5,11H2. The molecule has 3 aliphatic carbocycles. The van der Waals surface area contributed by atoms with Gasteiger partial charge >= 0.3 is 0 Å². The first-order chi connectivity index (χ1) is 5.36. The van der Waals surface area contributed by atoms with Gasteiger partial charge in [-0.1, -0.05) is 11.1 Å². The van der Waals surface area contributed by atoms with Crippen LogP contribution < -0.4 is 5.73 Å². The summed E-state index contributed by atoms with van der Waals surface area (Å²) in [5.41, 5.74) is 9.63. The van der Waals surface area contributed by atoms with Crippen LogP contribution in [0.2, 0.25) is 0 Å². The van der Waals surface area contributed by atoms with E-state index in [2.05, 4.69) is 0 Å². The second-order valence-electron chi connectivity index (χ2n) is 4.36. The van der Waals surface area contributed by atoms with Crippen LogP contribution in [0.15, 0.2) is 11.1 Å². The molecule has 2 fully saturated rings. The maximum absolute atomic E-state index is 6.04. The van der Waals surface area contributed by atoms with Crippen LogP contribution in [0.25, 0.3) is 0 Å². The Labute approximate surface area is 67.7 Å². The monoisotopic (exact) mass is 149 g/mol. The molecule has 0 aromatic heterocycles. The van der Waals surface area contributed by atoms with Gasteiger partial charge in [-0.2, -0.15) is 0 Å². The molecule has 3 unspecified atom stereocenters. The van der Waals surface area contributed by atoms with Crippen molar-refractivity contribution in [1.29, 1.82) is 0 Å². The smallest absolute Gasteiger partial charge is 0.0113 e. The van der Waals surface area contributed by atoms with Gasteiger partial charge in [-0.3, -0.25) is 0 Å². The molecule has 2 saturated carbocycles. The molecule has 0 aliphatic heterocycles. The van der Waals surface area contributed by atoms with E-state index in [0.29, 0.717) is 6.04 Å². The number of nitrogens with two attached hydrogens (primary N) is 1. The van der Waals surface area contributed by atoms with Crippen LogP contribution in [0.1, 0.15) is 32.1 Å². The lowest BCUT2D eigenvalue weighted by Crippen LogP contribution is -2.30. The molecular formula is C10H15N. The van der Waals surface area contributed by atoms with Crippen LogP contribution in [0.3, 0.4) is 0 Å². The minimum absolute atomic E-state index is 0.525. The number of rotatable bonds is 0. The Morgan fingerprint density at radius 2 is 2.18 bits per heavy atom. The van der Waals surface area contributed by atoms with Gasteiger partial charge in [0.1, 0.15) is 0 Å². The third kappa shape index (κ3) is 0.652. The second kappa shape index (κ2) is 1.89. The van der Waals surface area contributed by atoms with Crippen molar-refractivity contribution in [2.75, 3.05) is 0 Å². The van der Waals surface area contributed by atoms with Crippen molar-refractivity contribution < 1.29 is 0 Å². The van der Waals surface area contributed by atoms with Crippen molar-refractivity contribution in [3.63, 3.8) is 0 Å². The van der Waals surface area contributed by atoms with Gasteiger partial charge in [0.15, 0.2) is 0 Å². The first kappa shape index (κ1) is 6.24. The van der Waals surface area contributed by atoms with Gasteiger partial charge in [-0.05, 0) is 43.9 Å². The maximum atomic E-state index is 6.04. The third-order valence-corrected chi connectivity index (χ3v) is 3.89. The van der Waals surface area contributed by atoms with Gasteiger partial charge in [0.25, 0.3) is 0 Å². The lowest BCUT2D eigenvalue weighted by molar-refractivity contribution is 0.366. The molecule has 3 aliphatic rings. The summed E-state index contributed by atoms with van der Waals surface area (Å²) < 4.78 is 0. The van der Waals surface area contributed by atoms with Crippen molar-refractivity contribution in [3.05, 3.63) is 11.1 Å². The summed E-state index contributed by atoms with van der Waals surface area (Å²) in [6.07, 6.45) is 6.88. The lowest BCUT2D eigenvalue weighted by Gasteiger charge is -2.23. The van der Waals surface area contributed by atoms with Gasteiger partial charge in [0.2, 0.25) is 0 Å². The minimum Gasteiger partial charge on any atom is -0.327 e. The maximum Gasteiger partial charge on any atom is 0.0113 e. The number of hydrogen-bond acceptors (Lipinski definition) is 1. The molecule has 0 amide bonds. The molecule has 3 rings (SSSR count). The normalized spacial score (nSPS) is 47.2. The Bertz CT molecular complexity index is 229.